The molecule has 1 N–H and O–H groups in total. The molecule has 2 unspecified atom stereocenters. The SMILES string of the molecule is Cc1cnc(NC2CCCC2C)s1. The van der Waals surface area contributed by atoms with Gasteiger partial charge in [0.15, 0.2) is 5.13 Å². The van der Waals surface area contributed by atoms with Crippen molar-refractivity contribution < 1.29 is 0 Å². The minimum Gasteiger partial charge on any atom is -0.359 e. The molecule has 0 bridgehead atoms. The minimum absolute atomic E-state index is 0.658. The highest BCUT2D eigenvalue weighted by atomic mass is 32.1. The Kier molecular flexibility index (Phi) is 2.54. The first-order valence-corrected chi connectivity index (χ1v) is 5.76. The number of rotatable bonds is 2. The van der Waals surface area contributed by atoms with Gasteiger partial charge in [0.1, 0.15) is 0 Å². The van der Waals surface area contributed by atoms with Gasteiger partial charge in [-0.2, -0.15) is 0 Å². The standard InChI is InChI=1S/C10H16N2S/c1-7-4-3-5-9(7)12-10-11-6-8(2)13-10/h6-7,9H,3-5H2,1-2H3,(H,11,12). The van der Waals surface area contributed by atoms with Crippen LogP contribution in [0.3, 0.4) is 0 Å². The molecule has 72 valence electrons. The van der Waals surface area contributed by atoms with E-state index < -0.39 is 0 Å². The van der Waals surface area contributed by atoms with Gasteiger partial charge >= 0.3 is 0 Å². The van der Waals surface area contributed by atoms with Crippen molar-refractivity contribution in [1.82, 2.24) is 4.98 Å². The normalized spacial score (nSPS) is 27.8. The second-order valence-corrected chi connectivity index (χ2v) is 5.17. The van der Waals surface area contributed by atoms with Gasteiger partial charge in [-0.1, -0.05) is 13.3 Å². The molecule has 1 heterocycles. The van der Waals surface area contributed by atoms with E-state index in [1.807, 2.05) is 6.20 Å². The van der Waals surface area contributed by atoms with E-state index in [1.165, 1.54) is 24.1 Å². The summed E-state index contributed by atoms with van der Waals surface area (Å²) in [6.45, 7) is 4.42. The number of aryl methyl sites for hydroxylation is 1. The molecule has 0 aromatic carbocycles. The Balaban J connectivity index is 1.97. The fourth-order valence-electron chi connectivity index (χ4n) is 1.94. The van der Waals surface area contributed by atoms with Crippen molar-refractivity contribution in [2.75, 3.05) is 5.32 Å². The maximum atomic E-state index is 4.32. The van der Waals surface area contributed by atoms with E-state index in [2.05, 4.69) is 24.1 Å². The number of anilines is 1. The van der Waals surface area contributed by atoms with Gasteiger partial charge in [-0.3, -0.25) is 0 Å². The van der Waals surface area contributed by atoms with E-state index in [9.17, 15) is 0 Å². The topological polar surface area (TPSA) is 24.9 Å². The predicted molar refractivity (Wildman–Crippen MR) is 57.3 cm³/mol. The zero-order valence-electron chi connectivity index (χ0n) is 8.21. The van der Waals surface area contributed by atoms with Gasteiger partial charge < -0.3 is 5.32 Å². The first-order chi connectivity index (χ1) is 6.25. The van der Waals surface area contributed by atoms with Crippen LogP contribution in [0.15, 0.2) is 6.20 Å². The first-order valence-electron chi connectivity index (χ1n) is 4.94. The molecule has 13 heavy (non-hydrogen) atoms. The molecule has 3 heteroatoms. The Bertz CT molecular complexity index is 282. The third-order valence-electron chi connectivity index (χ3n) is 2.79. The van der Waals surface area contributed by atoms with Crippen molar-refractivity contribution in [3.05, 3.63) is 11.1 Å². The van der Waals surface area contributed by atoms with Crippen molar-refractivity contribution in [3.63, 3.8) is 0 Å². The Morgan fingerprint density at radius 3 is 2.92 bits per heavy atom. The number of hydrogen-bond acceptors (Lipinski definition) is 3. The molecule has 0 aliphatic heterocycles. The highest BCUT2D eigenvalue weighted by Gasteiger charge is 2.23. The van der Waals surface area contributed by atoms with Gasteiger partial charge in [-0.15, -0.1) is 11.3 Å². The van der Waals surface area contributed by atoms with Crippen LogP contribution >= 0.6 is 11.3 Å². The average molecular weight is 196 g/mol. The summed E-state index contributed by atoms with van der Waals surface area (Å²) in [6, 6.07) is 0.658. The van der Waals surface area contributed by atoms with Crippen LogP contribution in [-0.4, -0.2) is 11.0 Å². The van der Waals surface area contributed by atoms with Crippen LogP contribution in [0.25, 0.3) is 0 Å². The summed E-state index contributed by atoms with van der Waals surface area (Å²) < 4.78 is 0. The second kappa shape index (κ2) is 3.66. The van der Waals surface area contributed by atoms with Gasteiger partial charge in [0, 0.05) is 17.1 Å². The van der Waals surface area contributed by atoms with Crippen LogP contribution in [0.4, 0.5) is 5.13 Å². The fourth-order valence-corrected chi connectivity index (χ4v) is 2.67. The minimum atomic E-state index is 0.658. The lowest BCUT2D eigenvalue weighted by atomic mass is 10.1. The van der Waals surface area contributed by atoms with Gasteiger partial charge in [0.2, 0.25) is 0 Å². The quantitative estimate of drug-likeness (QED) is 0.786. The molecular weight excluding hydrogens is 180 g/mol. The van der Waals surface area contributed by atoms with Gasteiger partial charge in [-0.25, -0.2) is 4.98 Å². The lowest BCUT2D eigenvalue weighted by Gasteiger charge is -2.15. The summed E-state index contributed by atoms with van der Waals surface area (Å²) in [5.74, 6) is 0.809. The van der Waals surface area contributed by atoms with E-state index in [4.69, 9.17) is 0 Å². The van der Waals surface area contributed by atoms with Gasteiger partial charge in [-0.05, 0) is 25.7 Å². The lowest BCUT2D eigenvalue weighted by Crippen LogP contribution is -2.21. The van der Waals surface area contributed by atoms with Crippen LogP contribution in [0.1, 0.15) is 31.1 Å². The van der Waals surface area contributed by atoms with Crippen LogP contribution in [0.2, 0.25) is 0 Å². The molecule has 1 aliphatic rings. The van der Waals surface area contributed by atoms with E-state index >= 15 is 0 Å². The van der Waals surface area contributed by atoms with Crippen LogP contribution < -0.4 is 5.32 Å². The predicted octanol–water partition coefficient (Wildman–Crippen LogP) is 3.05. The molecule has 2 nitrogen and oxygen atoms in total. The summed E-state index contributed by atoms with van der Waals surface area (Å²) in [6.07, 6.45) is 5.97. The molecule has 1 aliphatic carbocycles. The Hall–Kier alpha value is -0.570. The largest absolute Gasteiger partial charge is 0.359 e. The number of nitrogens with zero attached hydrogens (tertiary/aromatic N) is 1. The molecule has 0 radical (unpaired) electrons. The Labute approximate surface area is 83.4 Å². The summed E-state index contributed by atoms with van der Waals surface area (Å²) >= 11 is 1.75. The number of thiazole rings is 1. The summed E-state index contributed by atoms with van der Waals surface area (Å²) in [5.41, 5.74) is 0. The van der Waals surface area contributed by atoms with Crippen LogP contribution in [0, 0.1) is 12.8 Å². The van der Waals surface area contributed by atoms with Crippen molar-refractivity contribution >= 4 is 16.5 Å². The third-order valence-corrected chi connectivity index (χ3v) is 3.64. The maximum Gasteiger partial charge on any atom is 0.183 e. The van der Waals surface area contributed by atoms with Crippen molar-refractivity contribution in [2.24, 2.45) is 5.92 Å². The molecule has 2 rings (SSSR count). The molecule has 0 spiro atoms. The number of aromatic nitrogens is 1. The van der Waals surface area contributed by atoms with Crippen LogP contribution in [0.5, 0.6) is 0 Å². The number of nitrogens with one attached hydrogen (secondary N) is 1. The van der Waals surface area contributed by atoms with Gasteiger partial charge in [0.25, 0.3) is 0 Å². The average Bonchev–Trinajstić information content (AvgIpc) is 2.64. The first kappa shape index (κ1) is 9.00. The smallest absolute Gasteiger partial charge is 0.183 e. The molecular formula is C10H16N2S. The summed E-state index contributed by atoms with van der Waals surface area (Å²) in [4.78, 5) is 5.61. The zero-order chi connectivity index (χ0) is 9.26. The molecule has 0 amide bonds. The Morgan fingerprint density at radius 2 is 2.38 bits per heavy atom. The molecule has 1 fully saturated rings. The van der Waals surface area contributed by atoms with E-state index in [0.717, 1.165) is 11.0 Å². The summed E-state index contributed by atoms with van der Waals surface area (Å²) in [5, 5.41) is 4.61. The zero-order valence-corrected chi connectivity index (χ0v) is 9.03. The van der Waals surface area contributed by atoms with E-state index in [0.29, 0.717) is 6.04 Å². The molecule has 1 aromatic heterocycles. The highest BCUT2D eigenvalue weighted by Crippen LogP contribution is 2.29. The van der Waals surface area contributed by atoms with E-state index in [1.54, 1.807) is 11.3 Å². The molecule has 0 saturated heterocycles. The van der Waals surface area contributed by atoms with Gasteiger partial charge in [0.05, 0.1) is 0 Å². The van der Waals surface area contributed by atoms with Crippen molar-refractivity contribution in [2.45, 2.75) is 39.2 Å². The number of hydrogen-bond donors (Lipinski definition) is 1. The monoisotopic (exact) mass is 196 g/mol. The Morgan fingerprint density at radius 1 is 1.54 bits per heavy atom. The maximum absolute atomic E-state index is 4.32. The lowest BCUT2D eigenvalue weighted by molar-refractivity contribution is 0.556. The van der Waals surface area contributed by atoms with Crippen LogP contribution in [-0.2, 0) is 0 Å². The highest BCUT2D eigenvalue weighted by molar-refractivity contribution is 7.15. The third kappa shape index (κ3) is 2.02. The fraction of sp³-hybridized carbons (Fsp3) is 0.700. The summed E-state index contributed by atoms with van der Waals surface area (Å²) in [7, 11) is 0. The molecule has 2 atom stereocenters. The van der Waals surface area contributed by atoms with E-state index in [-0.39, 0.29) is 0 Å². The second-order valence-electron chi connectivity index (χ2n) is 3.94. The van der Waals surface area contributed by atoms with Crippen molar-refractivity contribution in [3.8, 4) is 0 Å². The molecule has 1 saturated carbocycles. The molecule has 1 aromatic rings. The van der Waals surface area contributed by atoms with Crippen molar-refractivity contribution in [1.29, 1.82) is 0 Å².